The number of aliphatic carboxylic acids is 1. The molecule has 612 valence electrons. The van der Waals surface area contributed by atoms with E-state index in [9.17, 15) is 75.7 Å². The molecule has 0 radical (unpaired) electrons. The van der Waals surface area contributed by atoms with Gasteiger partial charge in [-0.3, -0.25) is 9.59 Å². The van der Waals surface area contributed by atoms with Crippen molar-refractivity contribution in [3.05, 3.63) is 12.2 Å². The van der Waals surface area contributed by atoms with Crippen LogP contribution in [-0.2, 0) is 42.8 Å². The first-order valence-electron chi connectivity index (χ1n) is 42.1. The molecule has 3 rings (SSSR count). The maximum absolute atomic E-state index is 13.6. The maximum atomic E-state index is 13.6. The predicted molar refractivity (Wildman–Crippen MR) is 403 cm³/mol. The molecule has 14 N–H and O–H groups in total. The van der Waals surface area contributed by atoms with Gasteiger partial charge in [0.25, 0.3) is 5.79 Å². The second kappa shape index (κ2) is 60.2. The highest BCUT2D eigenvalue weighted by Gasteiger charge is 2.60. The van der Waals surface area contributed by atoms with E-state index in [2.05, 4.69) is 24.5 Å². The highest BCUT2D eigenvalue weighted by Crippen LogP contribution is 2.39. The number of carboxylic acids is 1. The Hall–Kier alpha value is -2.53. The van der Waals surface area contributed by atoms with Gasteiger partial charge >= 0.3 is 5.97 Å². The molecule has 0 saturated carbocycles. The van der Waals surface area contributed by atoms with E-state index in [0.717, 1.165) is 51.9 Å². The van der Waals surface area contributed by atoms with Gasteiger partial charge in [0, 0.05) is 19.8 Å². The summed E-state index contributed by atoms with van der Waals surface area (Å²) in [5, 5.41) is 137. The Morgan fingerprint density at radius 3 is 1.28 bits per heavy atom. The number of hydrogen-bond acceptors (Lipinski definition) is 20. The first-order chi connectivity index (χ1) is 50.4. The number of carbonyl (C=O) groups excluding carboxylic acids is 2. The number of carboxylic acid groups (broad SMARTS) is 1. The van der Waals surface area contributed by atoms with E-state index in [-0.39, 0.29) is 12.3 Å². The Morgan fingerprint density at radius 2 is 0.894 bits per heavy atom. The molecule has 3 heterocycles. The fourth-order valence-electron chi connectivity index (χ4n) is 14.8. The van der Waals surface area contributed by atoms with Crippen molar-refractivity contribution in [2.75, 3.05) is 26.4 Å². The molecule has 3 aliphatic rings. The number of rotatable bonds is 67. The maximum Gasteiger partial charge on any atom is 0.364 e. The molecule has 0 aromatic rings. The van der Waals surface area contributed by atoms with E-state index >= 15 is 0 Å². The SMILES string of the molecule is CCCCCCCCCCCCCCCCCCCCCC/C=C/C(O)C(COC1OC(CO)C(OC2OC(CO)C(O)C(OC3(C(=O)O)CC(O)C(NC(C)=O)C(C(O)C(O)CO)O3)C2O)C(O)C1O)NC(=O)CCCCCCCCCCCCCCCCCCCCCCCCCCCCCC. The molecule has 0 bridgehead atoms. The van der Waals surface area contributed by atoms with Crippen molar-refractivity contribution in [2.45, 2.75) is 458 Å². The van der Waals surface area contributed by atoms with Crippen LogP contribution < -0.4 is 10.6 Å². The molecular weight excluding hydrogens is 1340 g/mol. The zero-order chi connectivity index (χ0) is 76.0. The second-order valence-corrected chi connectivity index (χ2v) is 30.7. The third-order valence-electron chi connectivity index (χ3n) is 21.5. The summed E-state index contributed by atoms with van der Waals surface area (Å²) in [6.07, 6.45) is 36.8. The summed E-state index contributed by atoms with van der Waals surface area (Å²) >= 11 is 0. The highest BCUT2D eigenvalue weighted by atomic mass is 16.8. The van der Waals surface area contributed by atoms with Gasteiger partial charge in [-0.1, -0.05) is 321 Å². The summed E-state index contributed by atoms with van der Waals surface area (Å²) in [7, 11) is 0. The zero-order valence-electron chi connectivity index (χ0n) is 64.9. The van der Waals surface area contributed by atoms with Gasteiger partial charge < -0.3 is 100 Å². The summed E-state index contributed by atoms with van der Waals surface area (Å²) < 4.78 is 34.9. The van der Waals surface area contributed by atoms with E-state index < -0.39 is 155 Å². The summed E-state index contributed by atoms with van der Waals surface area (Å²) in [6.45, 7) is 2.21. The average molecular weight is 1490 g/mol. The lowest BCUT2D eigenvalue weighted by molar-refractivity contribution is -0.386. The van der Waals surface area contributed by atoms with Crippen molar-refractivity contribution in [2.24, 2.45) is 0 Å². The van der Waals surface area contributed by atoms with E-state index in [0.29, 0.717) is 12.8 Å². The van der Waals surface area contributed by atoms with Crippen molar-refractivity contribution in [1.82, 2.24) is 10.6 Å². The lowest BCUT2D eigenvalue weighted by Gasteiger charge is -2.50. The Kier molecular flexibility index (Phi) is 55.4. The van der Waals surface area contributed by atoms with Crippen LogP contribution >= 0.6 is 0 Å². The molecule has 23 nitrogen and oxygen atoms in total. The van der Waals surface area contributed by atoms with Gasteiger partial charge in [0.1, 0.15) is 67.1 Å². The van der Waals surface area contributed by atoms with Crippen molar-refractivity contribution >= 4 is 17.8 Å². The molecule has 0 aliphatic carbocycles. The normalized spacial score (nSPS) is 26.4. The van der Waals surface area contributed by atoms with Crippen LogP contribution in [0, 0.1) is 0 Å². The zero-order valence-corrected chi connectivity index (χ0v) is 64.9. The first kappa shape index (κ1) is 95.7. The standard InChI is InChI=1S/C81H152N2O21/c1-4-6-8-10-12-14-16-18-20-22-24-26-28-29-30-31-32-33-35-37-39-41-43-45-47-49-51-53-55-68(91)83-62(63(88)54-52-50-48-46-44-42-40-38-36-34-27-25-23-21-19-17-15-13-11-9-7-5-2)60-99-78-73(95)72(94)75(67(59-86)101-78)102-79-74(96)77(71(93)66(58-85)100-79)104-81(80(97)98)56-64(89)69(82-61(3)87)76(103-81)70(92)65(90)57-84/h52,54,62-67,69-79,84-86,88-90,92-96H,4-51,53,55-60H2,1-3H3,(H,82,87)(H,83,91)(H,97,98)/b54-52+. The van der Waals surface area contributed by atoms with Crippen molar-refractivity contribution in [3.8, 4) is 0 Å². The number of nitrogens with one attached hydrogen (secondary N) is 2. The van der Waals surface area contributed by atoms with Crippen LogP contribution in [0.15, 0.2) is 12.2 Å². The van der Waals surface area contributed by atoms with E-state index in [1.807, 2.05) is 6.08 Å². The number of amides is 2. The molecule has 2 amide bonds. The lowest BCUT2D eigenvalue weighted by Crippen LogP contribution is -2.70. The topological polar surface area (TPSA) is 373 Å². The molecule has 23 heteroatoms. The van der Waals surface area contributed by atoms with E-state index in [1.165, 1.54) is 257 Å². The number of aliphatic hydroxyl groups is 11. The van der Waals surface area contributed by atoms with Gasteiger partial charge in [-0.25, -0.2) is 4.79 Å². The Balaban J connectivity index is 1.50. The van der Waals surface area contributed by atoms with Gasteiger partial charge in [-0.05, 0) is 19.3 Å². The molecule has 3 fully saturated rings. The van der Waals surface area contributed by atoms with Crippen LogP contribution in [0.5, 0.6) is 0 Å². The Labute approximate surface area is 626 Å². The number of unbranched alkanes of at least 4 members (excludes halogenated alkanes) is 47. The number of ether oxygens (including phenoxy) is 6. The van der Waals surface area contributed by atoms with Crippen molar-refractivity contribution < 1.29 is 104 Å². The predicted octanol–water partition coefficient (Wildman–Crippen LogP) is 11.7. The van der Waals surface area contributed by atoms with Crippen LogP contribution in [0.1, 0.15) is 348 Å². The second-order valence-electron chi connectivity index (χ2n) is 30.7. The third-order valence-corrected chi connectivity index (χ3v) is 21.5. The minimum Gasteiger partial charge on any atom is -0.477 e. The van der Waals surface area contributed by atoms with Gasteiger partial charge in [-0.15, -0.1) is 0 Å². The average Bonchev–Trinajstić information content (AvgIpc) is 0.756. The van der Waals surface area contributed by atoms with Crippen LogP contribution in [0.2, 0.25) is 0 Å². The number of carbonyl (C=O) groups is 3. The number of allylic oxidation sites excluding steroid dienone is 1. The summed E-state index contributed by atoms with van der Waals surface area (Å²) in [4.78, 5) is 38.7. The molecule has 18 atom stereocenters. The van der Waals surface area contributed by atoms with Gasteiger partial charge in [-0.2, -0.15) is 0 Å². The Morgan fingerprint density at radius 1 is 0.500 bits per heavy atom. The minimum atomic E-state index is -3.08. The fourth-order valence-corrected chi connectivity index (χ4v) is 14.8. The molecule has 104 heavy (non-hydrogen) atoms. The largest absolute Gasteiger partial charge is 0.477 e. The van der Waals surface area contributed by atoms with Crippen LogP contribution in [0.4, 0.5) is 0 Å². The van der Waals surface area contributed by atoms with Gasteiger partial charge in [0.15, 0.2) is 12.6 Å². The van der Waals surface area contributed by atoms with Crippen LogP contribution in [0.25, 0.3) is 0 Å². The molecule has 18 unspecified atom stereocenters. The number of hydrogen-bond donors (Lipinski definition) is 14. The van der Waals surface area contributed by atoms with Gasteiger partial charge in [0.05, 0.1) is 50.7 Å². The summed E-state index contributed by atoms with van der Waals surface area (Å²) in [5.41, 5.74) is 0. The van der Waals surface area contributed by atoms with Crippen LogP contribution in [-0.4, -0.2) is 215 Å². The number of aliphatic hydroxyl groups excluding tert-OH is 11. The first-order valence-corrected chi connectivity index (χ1v) is 42.1. The molecule has 0 aromatic carbocycles. The molecule has 0 aromatic heterocycles. The summed E-state index contributed by atoms with van der Waals surface area (Å²) in [5.74, 6) is -6.13. The summed E-state index contributed by atoms with van der Waals surface area (Å²) in [6, 6.07) is -2.62. The smallest absolute Gasteiger partial charge is 0.364 e. The quantitative estimate of drug-likeness (QED) is 0.0199. The fraction of sp³-hybridized carbons (Fsp3) is 0.938. The van der Waals surface area contributed by atoms with E-state index in [1.54, 1.807) is 6.08 Å². The van der Waals surface area contributed by atoms with Crippen LogP contribution in [0.3, 0.4) is 0 Å². The lowest BCUT2D eigenvalue weighted by atomic mass is 9.88. The molecule has 3 saturated heterocycles. The molecular formula is C81H152N2O21. The van der Waals surface area contributed by atoms with Crippen molar-refractivity contribution in [1.29, 1.82) is 0 Å². The van der Waals surface area contributed by atoms with E-state index in [4.69, 9.17) is 28.4 Å². The highest BCUT2D eigenvalue weighted by molar-refractivity contribution is 5.77. The third kappa shape index (κ3) is 39.9. The van der Waals surface area contributed by atoms with Crippen molar-refractivity contribution in [3.63, 3.8) is 0 Å². The minimum absolute atomic E-state index is 0.206. The van der Waals surface area contributed by atoms with Gasteiger partial charge in [0.2, 0.25) is 11.8 Å². The molecule has 3 aliphatic heterocycles. The monoisotopic (exact) mass is 1490 g/mol. The Bertz CT molecular complexity index is 2120. The molecule has 0 spiro atoms.